The van der Waals surface area contributed by atoms with Gasteiger partial charge in [0.2, 0.25) is 0 Å². The van der Waals surface area contributed by atoms with Crippen molar-refractivity contribution in [3.8, 4) is 0 Å². The number of halogens is 1. The molecule has 6 heteroatoms. The quantitative estimate of drug-likeness (QED) is 0.780. The Hall–Kier alpha value is -0.880. The molecule has 106 valence electrons. The zero-order valence-electron chi connectivity index (χ0n) is 11.3. The normalized spacial score (nSPS) is 13.2. The van der Waals surface area contributed by atoms with Crippen LogP contribution in [0.3, 0.4) is 0 Å². The van der Waals surface area contributed by atoms with Crippen molar-refractivity contribution >= 4 is 43.7 Å². The molecule has 0 fully saturated rings. The van der Waals surface area contributed by atoms with E-state index in [2.05, 4.69) is 22.6 Å². The van der Waals surface area contributed by atoms with E-state index < -0.39 is 6.10 Å². The van der Waals surface area contributed by atoms with Gasteiger partial charge in [-0.2, -0.15) is 5.10 Å². The second-order valence-corrected chi connectivity index (χ2v) is 7.14. The minimum atomic E-state index is -0.530. The average Bonchev–Trinajstić information content (AvgIpc) is 3.07. The van der Waals surface area contributed by atoms with Crippen molar-refractivity contribution < 1.29 is 5.11 Å². The van der Waals surface area contributed by atoms with Crippen LogP contribution >= 0.6 is 34.3 Å². The highest BCUT2D eigenvalue weighted by Gasteiger charge is 2.19. The summed E-state index contributed by atoms with van der Waals surface area (Å²) >= 11 is 9.67. The molecule has 0 amide bonds. The molecular weight excluding hydrogens is 312 g/mol. The lowest BCUT2D eigenvalue weighted by atomic mass is 10.1. The number of aliphatic hydroxyl groups is 1. The largest absolute Gasteiger partial charge is 0.387 e. The molecule has 1 N–H and O–H groups in total. The molecule has 0 saturated carbocycles. The number of hydrogen-bond acceptors (Lipinski definition) is 4. The van der Waals surface area contributed by atoms with E-state index in [1.54, 1.807) is 27.4 Å². The molecule has 0 aromatic carbocycles. The van der Waals surface area contributed by atoms with E-state index in [-0.39, 0.29) is 0 Å². The van der Waals surface area contributed by atoms with E-state index in [9.17, 15) is 5.11 Å². The van der Waals surface area contributed by atoms with E-state index in [1.165, 1.54) is 9.40 Å². The van der Waals surface area contributed by atoms with Crippen molar-refractivity contribution in [1.82, 2.24) is 9.78 Å². The summed E-state index contributed by atoms with van der Waals surface area (Å²) in [5.41, 5.74) is 1.79. The fourth-order valence-corrected chi connectivity index (χ4v) is 4.75. The molecule has 0 aliphatic heterocycles. The molecule has 1 unspecified atom stereocenters. The third-order valence-electron chi connectivity index (χ3n) is 3.38. The molecular formula is C14H15ClN2OS2. The number of aromatic nitrogens is 2. The third kappa shape index (κ3) is 2.39. The van der Waals surface area contributed by atoms with Gasteiger partial charge in [0.05, 0.1) is 22.5 Å². The maximum Gasteiger partial charge on any atom is 0.0938 e. The summed E-state index contributed by atoms with van der Waals surface area (Å²) in [7, 11) is 1.88. The smallest absolute Gasteiger partial charge is 0.0938 e. The van der Waals surface area contributed by atoms with Gasteiger partial charge in [0.25, 0.3) is 0 Å². The summed E-state index contributed by atoms with van der Waals surface area (Å²) in [6.07, 6.45) is 0.769. The first-order valence-corrected chi connectivity index (χ1v) is 8.52. The fraction of sp³-hybridized carbons (Fsp3) is 0.357. The van der Waals surface area contributed by atoms with Crippen LogP contribution in [0.25, 0.3) is 9.40 Å². The fourth-order valence-electron chi connectivity index (χ4n) is 2.27. The van der Waals surface area contributed by atoms with Gasteiger partial charge in [0.15, 0.2) is 0 Å². The van der Waals surface area contributed by atoms with Crippen molar-refractivity contribution in [2.45, 2.75) is 25.9 Å². The standard InChI is InChI=1S/C14H15ClN2OS2/c1-3-8-14(15)9(17(2)16-8)6-10(18)12-7-13-11(20-12)4-5-19-13/h4-5,7,10,18H,3,6H2,1-2H3. The molecule has 0 aliphatic carbocycles. The van der Waals surface area contributed by atoms with Crippen molar-refractivity contribution in [2.24, 2.45) is 7.05 Å². The van der Waals surface area contributed by atoms with Crippen LogP contribution in [0, 0.1) is 0 Å². The van der Waals surface area contributed by atoms with Gasteiger partial charge in [0.1, 0.15) is 0 Å². The third-order valence-corrected chi connectivity index (χ3v) is 6.01. The lowest BCUT2D eigenvalue weighted by Crippen LogP contribution is -2.05. The Morgan fingerprint density at radius 3 is 2.90 bits per heavy atom. The summed E-state index contributed by atoms with van der Waals surface area (Å²) < 4.78 is 4.24. The Morgan fingerprint density at radius 1 is 1.45 bits per heavy atom. The van der Waals surface area contributed by atoms with Crippen molar-refractivity contribution in [3.63, 3.8) is 0 Å². The molecule has 20 heavy (non-hydrogen) atoms. The average molecular weight is 327 g/mol. The minimum Gasteiger partial charge on any atom is -0.387 e. The van der Waals surface area contributed by atoms with Crippen LogP contribution in [0.1, 0.15) is 29.3 Å². The highest BCUT2D eigenvalue weighted by molar-refractivity contribution is 7.26. The molecule has 0 radical (unpaired) electrons. The molecule has 3 aromatic heterocycles. The lowest BCUT2D eigenvalue weighted by Gasteiger charge is -2.09. The first-order chi connectivity index (χ1) is 9.60. The number of hydrogen-bond donors (Lipinski definition) is 1. The number of fused-ring (bicyclic) bond motifs is 1. The molecule has 3 aromatic rings. The van der Waals surface area contributed by atoms with Crippen molar-refractivity contribution in [2.75, 3.05) is 0 Å². The SMILES string of the molecule is CCc1nn(C)c(CC(O)c2cc3sccc3s2)c1Cl. The zero-order valence-corrected chi connectivity index (χ0v) is 13.6. The van der Waals surface area contributed by atoms with E-state index in [4.69, 9.17) is 11.6 Å². The molecule has 0 aliphatic rings. The summed E-state index contributed by atoms with van der Waals surface area (Å²) in [5.74, 6) is 0. The summed E-state index contributed by atoms with van der Waals surface area (Å²) in [5, 5.41) is 17.6. The summed E-state index contributed by atoms with van der Waals surface area (Å²) in [6, 6.07) is 4.16. The van der Waals surface area contributed by atoms with Gasteiger partial charge in [0, 0.05) is 27.7 Å². The molecule has 0 bridgehead atoms. The molecule has 1 atom stereocenters. The molecule has 0 spiro atoms. The lowest BCUT2D eigenvalue weighted by molar-refractivity contribution is 0.179. The first kappa shape index (κ1) is 14.1. The predicted octanol–water partition coefficient (Wildman–Crippen LogP) is 4.19. The van der Waals surface area contributed by atoms with Gasteiger partial charge < -0.3 is 5.11 Å². The Labute approximate surface area is 130 Å². The zero-order chi connectivity index (χ0) is 14.3. The highest BCUT2D eigenvalue weighted by Crippen LogP contribution is 2.35. The van der Waals surface area contributed by atoms with Gasteiger partial charge in [-0.05, 0) is 23.9 Å². The van der Waals surface area contributed by atoms with Crippen molar-refractivity contribution in [3.05, 3.63) is 38.8 Å². The van der Waals surface area contributed by atoms with Crippen LogP contribution in [-0.4, -0.2) is 14.9 Å². The van der Waals surface area contributed by atoms with Gasteiger partial charge in [-0.15, -0.1) is 22.7 Å². The van der Waals surface area contributed by atoms with E-state index >= 15 is 0 Å². The van der Waals surface area contributed by atoms with Crippen molar-refractivity contribution in [1.29, 1.82) is 0 Å². The van der Waals surface area contributed by atoms with E-state index in [0.717, 1.165) is 22.7 Å². The monoisotopic (exact) mass is 326 g/mol. The number of nitrogens with zero attached hydrogens (tertiary/aromatic N) is 2. The maximum atomic E-state index is 10.4. The van der Waals surface area contributed by atoms with Crippen LogP contribution in [0.4, 0.5) is 0 Å². The minimum absolute atomic E-state index is 0.496. The number of rotatable bonds is 4. The predicted molar refractivity (Wildman–Crippen MR) is 86.0 cm³/mol. The Morgan fingerprint density at radius 2 is 2.25 bits per heavy atom. The number of aliphatic hydroxyl groups excluding tert-OH is 1. The molecule has 3 nitrogen and oxygen atoms in total. The number of thiophene rings is 2. The second kappa shape index (κ2) is 5.48. The van der Waals surface area contributed by atoms with Gasteiger partial charge in [-0.1, -0.05) is 18.5 Å². The maximum absolute atomic E-state index is 10.4. The van der Waals surface area contributed by atoms with E-state index in [1.807, 2.05) is 14.0 Å². The van der Waals surface area contributed by atoms with Crippen LogP contribution in [0.15, 0.2) is 17.5 Å². The second-order valence-electron chi connectivity index (χ2n) is 4.70. The first-order valence-electron chi connectivity index (χ1n) is 6.45. The van der Waals surface area contributed by atoms with Gasteiger partial charge >= 0.3 is 0 Å². The Bertz CT molecular complexity index is 715. The van der Waals surface area contributed by atoms with Crippen LogP contribution < -0.4 is 0 Å². The van der Waals surface area contributed by atoms with Crippen LogP contribution in [0.2, 0.25) is 5.02 Å². The van der Waals surface area contributed by atoms with Crippen LogP contribution in [0.5, 0.6) is 0 Å². The van der Waals surface area contributed by atoms with Gasteiger partial charge in [-0.3, -0.25) is 4.68 Å². The van der Waals surface area contributed by atoms with Crippen LogP contribution in [-0.2, 0) is 19.9 Å². The Kier molecular flexibility index (Phi) is 3.86. The Balaban J connectivity index is 1.87. The number of aryl methyl sites for hydroxylation is 2. The van der Waals surface area contributed by atoms with E-state index in [0.29, 0.717) is 11.4 Å². The molecule has 3 heterocycles. The summed E-state index contributed by atoms with van der Waals surface area (Å²) in [6.45, 7) is 2.03. The topological polar surface area (TPSA) is 38.0 Å². The summed E-state index contributed by atoms with van der Waals surface area (Å²) in [4.78, 5) is 0.988. The molecule has 3 rings (SSSR count). The van der Waals surface area contributed by atoms with Gasteiger partial charge in [-0.25, -0.2) is 0 Å². The highest BCUT2D eigenvalue weighted by atomic mass is 35.5. The molecule has 0 saturated heterocycles.